The van der Waals surface area contributed by atoms with E-state index in [0.717, 1.165) is 16.8 Å². The number of esters is 1. The second-order valence-corrected chi connectivity index (χ2v) is 9.59. The Balaban J connectivity index is 1.50. The van der Waals surface area contributed by atoms with Crippen molar-refractivity contribution in [1.82, 2.24) is 9.91 Å². The smallest absolute Gasteiger partial charge is 0.309 e. The van der Waals surface area contributed by atoms with Gasteiger partial charge in [0.1, 0.15) is 0 Å². The lowest BCUT2D eigenvalue weighted by molar-refractivity contribution is -0.149. The third-order valence-electron chi connectivity index (χ3n) is 6.83. The molecule has 0 N–H and O–H groups in total. The molecule has 2 aliphatic rings. The van der Waals surface area contributed by atoms with E-state index in [9.17, 15) is 9.59 Å². The molecule has 1 saturated heterocycles. The topological polar surface area (TPSA) is 62.2 Å². The van der Waals surface area contributed by atoms with Crippen LogP contribution in [0, 0.1) is 19.8 Å². The van der Waals surface area contributed by atoms with Crippen molar-refractivity contribution in [2.24, 2.45) is 11.0 Å². The van der Waals surface area contributed by atoms with Gasteiger partial charge in [-0.25, -0.2) is 5.01 Å². The Hall–Kier alpha value is -2.70. The number of carbonyl (C=O) groups is 2. The van der Waals surface area contributed by atoms with E-state index in [1.54, 1.807) is 5.01 Å². The Kier molecular flexibility index (Phi) is 7.69. The van der Waals surface area contributed by atoms with E-state index in [2.05, 4.69) is 36.9 Å². The molecule has 7 heteroatoms. The first kappa shape index (κ1) is 24.4. The van der Waals surface area contributed by atoms with Gasteiger partial charge >= 0.3 is 5.97 Å². The van der Waals surface area contributed by atoms with Crippen LogP contribution in [0.15, 0.2) is 47.6 Å². The summed E-state index contributed by atoms with van der Waals surface area (Å²) >= 11 is 6.11. The number of halogens is 1. The fourth-order valence-electron chi connectivity index (χ4n) is 4.63. The molecule has 0 saturated carbocycles. The summed E-state index contributed by atoms with van der Waals surface area (Å²) in [6.45, 7) is 8.08. The quantitative estimate of drug-likeness (QED) is 0.550. The molecule has 0 aromatic heterocycles. The Morgan fingerprint density at radius 1 is 1.06 bits per heavy atom. The van der Waals surface area contributed by atoms with E-state index in [0.29, 0.717) is 44.0 Å². The van der Waals surface area contributed by atoms with Crippen molar-refractivity contribution in [2.75, 3.05) is 26.2 Å². The average molecular weight is 482 g/mol. The molecular weight excluding hydrogens is 450 g/mol. The van der Waals surface area contributed by atoms with Crippen molar-refractivity contribution in [1.29, 1.82) is 0 Å². The predicted molar refractivity (Wildman–Crippen MR) is 134 cm³/mol. The highest BCUT2D eigenvalue weighted by Crippen LogP contribution is 2.34. The van der Waals surface area contributed by atoms with E-state index in [1.807, 2.05) is 31.2 Å². The molecule has 0 bridgehead atoms. The highest BCUT2D eigenvalue weighted by Gasteiger charge is 2.35. The molecule has 4 rings (SSSR count). The zero-order valence-electron chi connectivity index (χ0n) is 20.1. The molecule has 0 radical (unpaired) electrons. The van der Waals surface area contributed by atoms with Gasteiger partial charge in [0.05, 0.1) is 30.8 Å². The van der Waals surface area contributed by atoms with E-state index < -0.39 is 0 Å². The molecule has 34 heavy (non-hydrogen) atoms. The molecule has 1 amide bonds. The summed E-state index contributed by atoms with van der Waals surface area (Å²) in [6, 6.07) is 13.8. The van der Waals surface area contributed by atoms with Crippen LogP contribution in [-0.2, 0) is 14.3 Å². The molecule has 0 aliphatic carbocycles. The van der Waals surface area contributed by atoms with Crippen molar-refractivity contribution in [3.05, 3.63) is 69.7 Å². The number of benzene rings is 2. The second-order valence-electron chi connectivity index (χ2n) is 9.16. The summed E-state index contributed by atoms with van der Waals surface area (Å²) in [5.74, 6) is -0.235. The van der Waals surface area contributed by atoms with E-state index >= 15 is 0 Å². The first-order valence-electron chi connectivity index (χ1n) is 12.0. The van der Waals surface area contributed by atoms with Gasteiger partial charge in [-0.15, -0.1) is 0 Å². The zero-order chi connectivity index (χ0) is 24.2. The number of amides is 1. The Morgan fingerprint density at radius 2 is 1.76 bits per heavy atom. The van der Waals surface area contributed by atoms with E-state index in [4.69, 9.17) is 21.4 Å². The molecule has 1 atom stereocenters. The van der Waals surface area contributed by atoms with Crippen molar-refractivity contribution >= 4 is 29.2 Å². The molecule has 180 valence electrons. The van der Waals surface area contributed by atoms with Gasteiger partial charge in [0, 0.05) is 11.4 Å². The Bertz CT molecular complexity index is 1080. The Morgan fingerprint density at radius 3 is 2.41 bits per heavy atom. The van der Waals surface area contributed by atoms with Crippen LogP contribution in [0.5, 0.6) is 0 Å². The number of hydrazone groups is 1. The van der Waals surface area contributed by atoms with Gasteiger partial charge in [-0.1, -0.05) is 35.9 Å². The van der Waals surface area contributed by atoms with Gasteiger partial charge in [-0.2, -0.15) is 5.10 Å². The number of aryl methyl sites for hydroxylation is 2. The lowest BCUT2D eigenvalue weighted by atomic mass is 9.96. The summed E-state index contributed by atoms with van der Waals surface area (Å²) in [7, 11) is 0. The molecule has 0 unspecified atom stereocenters. The van der Waals surface area contributed by atoms with Crippen molar-refractivity contribution in [3.63, 3.8) is 0 Å². The first-order chi connectivity index (χ1) is 16.4. The average Bonchev–Trinajstić information content (AvgIpc) is 3.28. The second kappa shape index (κ2) is 10.7. The molecule has 6 nitrogen and oxygen atoms in total. The summed E-state index contributed by atoms with van der Waals surface area (Å²) in [4.78, 5) is 27.6. The maximum atomic E-state index is 13.4. The SMILES string of the molecule is CCOC(=O)C1CCN(CC(=O)N2N=C(c3ccc(C)c(C)c3)C[C@H]2c2ccc(Cl)cc2)CC1. The summed E-state index contributed by atoms with van der Waals surface area (Å²) in [5, 5.41) is 7.12. The standard InChI is InChI=1S/C27H32ClN3O3/c1-4-34-27(33)21-11-13-30(14-12-21)17-26(32)31-25(20-7-9-23(28)10-8-20)16-24(29-31)22-6-5-18(2)19(3)15-22/h5-10,15,21,25H,4,11-14,16-17H2,1-3H3/t25-/m0/s1. The minimum absolute atomic E-state index is 0.0339. The number of ether oxygens (including phenoxy) is 1. The molecule has 1 fully saturated rings. The summed E-state index contributed by atoms with van der Waals surface area (Å²) in [5.41, 5.74) is 5.42. The highest BCUT2D eigenvalue weighted by molar-refractivity contribution is 6.30. The highest BCUT2D eigenvalue weighted by atomic mass is 35.5. The lowest BCUT2D eigenvalue weighted by Gasteiger charge is -2.31. The molecule has 0 spiro atoms. The van der Waals surface area contributed by atoms with Gasteiger partial charge in [0.2, 0.25) is 0 Å². The number of hydrogen-bond acceptors (Lipinski definition) is 5. The maximum absolute atomic E-state index is 13.4. The van der Waals surface area contributed by atoms with Crippen molar-refractivity contribution in [3.8, 4) is 0 Å². The minimum atomic E-state index is -0.168. The van der Waals surface area contributed by atoms with Crippen LogP contribution in [0.3, 0.4) is 0 Å². The number of nitrogens with zero attached hydrogens (tertiary/aromatic N) is 3. The van der Waals surface area contributed by atoms with Crippen molar-refractivity contribution < 1.29 is 14.3 Å². The lowest BCUT2D eigenvalue weighted by Crippen LogP contribution is -2.43. The largest absolute Gasteiger partial charge is 0.466 e. The number of piperidine rings is 1. The predicted octanol–water partition coefficient (Wildman–Crippen LogP) is 4.91. The third kappa shape index (κ3) is 5.50. The zero-order valence-corrected chi connectivity index (χ0v) is 20.8. The maximum Gasteiger partial charge on any atom is 0.309 e. The molecule has 2 aromatic carbocycles. The first-order valence-corrected chi connectivity index (χ1v) is 12.3. The molecule has 2 aliphatic heterocycles. The number of hydrogen-bond donors (Lipinski definition) is 0. The number of carbonyl (C=O) groups excluding carboxylic acids is 2. The molecular formula is C27H32ClN3O3. The Labute approximate surface area is 206 Å². The normalized spacial score (nSPS) is 19.2. The van der Waals surface area contributed by atoms with Gasteiger partial charge in [0.25, 0.3) is 5.91 Å². The van der Waals surface area contributed by atoms with Crippen LogP contribution >= 0.6 is 11.6 Å². The summed E-state index contributed by atoms with van der Waals surface area (Å²) in [6.07, 6.45) is 2.08. The van der Waals surface area contributed by atoms with Gasteiger partial charge in [0.15, 0.2) is 0 Å². The van der Waals surface area contributed by atoms with Crippen molar-refractivity contribution in [2.45, 2.75) is 46.1 Å². The monoisotopic (exact) mass is 481 g/mol. The number of likely N-dealkylation sites (tertiary alicyclic amines) is 1. The van der Waals surface area contributed by atoms with Gasteiger partial charge in [-0.3, -0.25) is 14.5 Å². The minimum Gasteiger partial charge on any atom is -0.466 e. The van der Waals surface area contributed by atoms with Gasteiger partial charge < -0.3 is 4.74 Å². The molecule has 2 aromatic rings. The van der Waals surface area contributed by atoms with E-state index in [-0.39, 0.29) is 30.4 Å². The van der Waals surface area contributed by atoms with E-state index in [1.165, 1.54) is 11.1 Å². The van der Waals surface area contributed by atoms with Crippen LogP contribution in [0.1, 0.15) is 54.5 Å². The molecule has 2 heterocycles. The van der Waals surface area contributed by atoms with Crippen LogP contribution in [0.25, 0.3) is 0 Å². The third-order valence-corrected chi connectivity index (χ3v) is 7.08. The van der Waals surface area contributed by atoms with Crippen LogP contribution in [0.4, 0.5) is 0 Å². The van der Waals surface area contributed by atoms with Crippen LogP contribution in [0.2, 0.25) is 5.02 Å². The fourth-order valence-corrected chi connectivity index (χ4v) is 4.76. The number of rotatable bonds is 6. The fraction of sp³-hybridized carbons (Fsp3) is 0.444. The summed E-state index contributed by atoms with van der Waals surface area (Å²) < 4.78 is 5.16. The van der Waals surface area contributed by atoms with Gasteiger partial charge in [-0.05, 0) is 87.2 Å². The van der Waals surface area contributed by atoms with Crippen LogP contribution < -0.4 is 0 Å². The van der Waals surface area contributed by atoms with Crippen LogP contribution in [-0.4, -0.2) is 53.7 Å².